The highest BCUT2D eigenvalue weighted by Crippen LogP contribution is 2.27. The molecule has 1 saturated heterocycles. The van der Waals surface area contributed by atoms with Crippen LogP contribution in [0, 0.1) is 18.3 Å². The fraction of sp³-hybridized carbons (Fsp3) is 0.368. The topological polar surface area (TPSA) is 56.4 Å². The maximum absolute atomic E-state index is 9.44. The minimum Gasteiger partial charge on any atom is -0.359 e. The van der Waals surface area contributed by atoms with Crippen LogP contribution in [0.3, 0.4) is 0 Å². The summed E-state index contributed by atoms with van der Waals surface area (Å²) in [5, 5.41) is 15.5. The molecule has 3 rings (SSSR count). The maximum Gasteiger partial charge on any atom is 0.135 e. The van der Waals surface area contributed by atoms with Crippen LogP contribution in [0.4, 0.5) is 11.4 Å². The van der Waals surface area contributed by atoms with Crippen LogP contribution in [0.5, 0.6) is 0 Å². The van der Waals surface area contributed by atoms with Crippen LogP contribution in [-0.2, 0) is 0 Å². The van der Waals surface area contributed by atoms with E-state index in [4.69, 9.17) is 0 Å². The van der Waals surface area contributed by atoms with E-state index in [0.717, 1.165) is 29.5 Å². The number of aryl methyl sites for hydroxylation is 1. The van der Waals surface area contributed by atoms with Crippen LogP contribution in [0.2, 0.25) is 0 Å². The molecule has 0 bridgehead atoms. The Morgan fingerprint density at radius 3 is 2.80 bits per heavy atom. The minimum atomic E-state index is 0.563. The lowest BCUT2D eigenvalue weighted by atomic mass is 10.2. The summed E-state index contributed by atoms with van der Waals surface area (Å²) < 4.78 is 0. The van der Waals surface area contributed by atoms with Crippen molar-refractivity contribution in [2.24, 2.45) is 0 Å². The van der Waals surface area contributed by atoms with Crippen LogP contribution < -0.4 is 15.1 Å². The first-order valence-corrected chi connectivity index (χ1v) is 9.56. The maximum atomic E-state index is 9.44. The van der Waals surface area contributed by atoms with E-state index < -0.39 is 0 Å². The number of nitriles is 1. The molecule has 0 radical (unpaired) electrons. The number of para-hydroxylation sites is 2. The number of hydrogen-bond acceptors (Lipinski definition) is 5. The van der Waals surface area contributed by atoms with Crippen molar-refractivity contribution < 1.29 is 4.90 Å². The lowest BCUT2D eigenvalue weighted by Gasteiger charge is -2.34. The number of nitrogens with zero attached hydrogens (tertiary/aromatic N) is 3. The van der Waals surface area contributed by atoms with Gasteiger partial charge in [-0.25, -0.2) is 4.98 Å². The van der Waals surface area contributed by atoms with Gasteiger partial charge in [-0.05, 0) is 26.0 Å². The number of nitrogens with one attached hydrogen (secondary N) is 2. The SMILES string of the molecule is CC[NH+]1CCN(c2ccccc2N/C=C(\C#N)c2nc(C)cs2)CC1. The second kappa shape index (κ2) is 8.15. The summed E-state index contributed by atoms with van der Waals surface area (Å²) >= 11 is 1.50. The van der Waals surface area contributed by atoms with E-state index in [0.29, 0.717) is 5.57 Å². The second-order valence-corrected chi connectivity index (χ2v) is 7.07. The molecule has 0 unspecified atom stereocenters. The summed E-state index contributed by atoms with van der Waals surface area (Å²) in [6.45, 7) is 9.83. The van der Waals surface area contributed by atoms with Crippen LogP contribution in [0.25, 0.3) is 5.57 Å². The molecule has 1 aromatic heterocycles. The van der Waals surface area contributed by atoms with Gasteiger partial charge in [0.15, 0.2) is 0 Å². The van der Waals surface area contributed by atoms with Gasteiger partial charge in [-0.15, -0.1) is 11.3 Å². The van der Waals surface area contributed by atoms with Crippen LogP contribution in [0.15, 0.2) is 35.8 Å². The number of anilines is 2. The number of rotatable bonds is 5. The van der Waals surface area contributed by atoms with Gasteiger partial charge in [-0.1, -0.05) is 12.1 Å². The van der Waals surface area contributed by atoms with Crippen LogP contribution >= 0.6 is 11.3 Å². The van der Waals surface area contributed by atoms with Gasteiger partial charge in [-0.3, -0.25) is 0 Å². The quantitative estimate of drug-likeness (QED) is 0.808. The summed E-state index contributed by atoms with van der Waals surface area (Å²) in [6, 6.07) is 10.5. The highest BCUT2D eigenvalue weighted by Gasteiger charge is 2.20. The largest absolute Gasteiger partial charge is 0.359 e. The van der Waals surface area contributed by atoms with Crippen molar-refractivity contribution in [1.29, 1.82) is 5.26 Å². The van der Waals surface area contributed by atoms with Crippen molar-refractivity contribution in [3.8, 4) is 6.07 Å². The molecule has 2 aromatic rings. The first kappa shape index (κ1) is 17.5. The van der Waals surface area contributed by atoms with Gasteiger partial charge in [0.05, 0.1) is 44.1 Å². The van der Waals surface area contributed by atoms with Crippen molar-refractivity contribution in [1.82, 2.24) is 4.98 Å². The Hall–Kier alpha value is -2.36. The third-order valence-corrected chi connectivity index (χ3v) is 5.55. The highest BCUT2D eigenvalue weighted by atomic mass is 32.1. The smallest absolute Gasteiger partial charge is 0.135 e. The standard InChI is InChI=1S/C19H23N5S/c1-3-23-8-10-24(11-9-23)18-7-5-4-6-17(18)21-13-16(12-20)19-22-15(2)14-25-19/h4-7,13-14,21H,3,8-11H2,1-2H3/p+1/b16-13+. The zero-order valence-electron chi connectivity index (χ0n) is 14.7. The van der Waals surface area contributed by atoms with E-state index in [2.05, 4.69) is 46.4 Å². The average Bonchev–Trinajstić information content (AvgIpc) is 3.09. The summed E-state index contributed by atoms with van der Waals surface area (Å²) in [5.74, 6) is 0. The van der Waals surface area contributed by atoms with Crippen molar-refractivity contribution in [2.75, 3.05) is 42.9 Å². The molecule has 0 spiro atoms. The number of aromatic nitrogens is 1. The fourth-order valence-electron chi connectivity index (χ4n) is 3.06. The zero-order chi connectivity index (χ0) is 17.6. The third-order valence-electron chi connectivity index (χ3n) is 4.56. The minimum absolute atomic E-state index is 0.563. The number of piperazine rings is 1. The van der Waals surface area contributed by atoms with Gasteiger partial charge in [0.2, 0.25) is 0 Å². The predicted octanol–water partition coefficient (Wildman–Crippen LogP) is 2.15. The number of benzene rings is 1. The lowest BCUT2D eigenvalue weighted by Crippen LogP contribution is -3.14. The zero-order valence-corrected chi connectivity index (χ0v) is 15.6. The molecule has 0 saturated carbocycles. The molecule has 0 aliphatic carbocycles. The van der Waals surface area contributed by atoms with Crippen molar-refractivity contribution in [3.05, 3.63) is 46.5 Å². The van der Waals surface area contributed by atoms with Crippen molar-refractivity contribution in [2.45, 2.75) is 13.8 Å². The molecule has 2 heterocycles. The van der Waals surface area contributed by atoms with Gasteiger partial charge in [0.25, 0.3) is 0 Å². The monoisotopic (exact) mass is 354 g/mol. The summed E-state index contributed by atoms with van der Waals surface area (Å²) in [7, 11) is 0. The molecule has 0 atom stereocenters. The third kappa shape index (κ3) is 4.19. The summed E-state index contributed by atoms with van der Waals surface area (Å²) in [5.41, 5.74) is 3.73. The predicted molar refractivity (Wildman–Crippen MR) is 104 cm³/mol. The number of likely N-dealkylation sites (N-methyl/N-ethyl adjacent to an activating group) is 1. The number of thiazole rings is 1. The summed E-state index contributed by atoms with van der Waals surface area (Å²) in [6.07, 6.45) is 1.77. The van der Waals surface area contributed by atoms with E-state index in [-0.39, 0.29) is 0 Å². The normalized spacial score (nSPS) is 15.9. The Balaban J connectivity index is 1.77. The summed E-state index contributed by atoms with van der Waals surface area (Å²) in [4.78, 5) is 8.48. The molecular weight excluding hydrogens is 330 g/mol. The molecule has 1 aliphatic rings. The highest BCUT2D eigenvalue weighted by molar-refractivity contribution is 7.10. The Bertz CT molecular complexity index is 781. The van der Waals surface area contributed by atoms with Crippen molar-refractivity contribution in [3.63, 3.8) is 0 Å². The second-order valence-electron chi connectivity index (χ2n) is 6.22. The number of allylic oxidation sites excluding steroid dienone is 1. The van der Waals surface area contributed by atoms with Gasteiger partial charge in [0, 0.05) is 17.3 Å². The molecule has 0 amide bonds. The van der Waals surface area contributed by atoms with E-state index in [1.807, 2.05) is 18.4 Å². The molecule has 130 valence electrons. The van der Waals surface area contributed by atoms with Gasteiger partial charge < -0.3 is 15.1 Å². The first-order valence-electron chi connectivity index (χ1n) is 8.68. The van der Waals surface area contributed by atoms with Gasteiger partial charge in [-0.2, -0.15) is 5.26 Å². The average molecular weight is 355 g/mol. The number of hydrogen-bond donors (Lipinski definition) is 2. The number of quaternary nitrogens is 1. The Morgan fingerprint density at radius 2 is 2.16 bits per heavy atom. The molecule has 6 heteroatoms. The van der Waals surface area contributed by atoms with Crippen molar-refractivity contribution >= 4 is 28.3 Å². The van der Waals surface area contributed by atoms with Crippen LogP contribution in [-0.4, -0.2) is 37.7 Å². The lowest BCUT2D eigenvalue weighted by molar-refractivity contribution is -0.898. The fourth-order valence-corrected chi connectivity index (χ4v) is 3.82. The van der Waals surface area contributed by atoms with E-state index >= 15 is 0 Å². The molecule has 5 nitrogen and oxygen atoms in total. The molecule has 1 aromatic carbocycles. The first-order chi connectivity index (χ1) is 12.2. The molecule has 25 heavy (non-hydrogen) atoms. The van der Waals surface area contributed by atoms with E-state index in [9.17, 15) is 5.26 Å². The van der Waals surface area contributed by atoms with E-state index in [1.54, 1.807) is 11.1 Å². The van der Waals surface area contributed by atoms with E-state index in [1.165, 1.54) is 36.7 Å². The molecular formula is C19H24N5S+. The molecule has 1 fully saturated rings. The Labute approximate surface area is 153 Å². The van der Waals surface area contributed by atoms with Gasteiger partial charge in [0.1, 0.15) is 16.6 Å². The van der Waals surface area contributed by atoms with Gasteiger partial charge >= 0.3 is 0 Å². The molecule has 1 aliphatic heterocycles. The molecule has 2 N–H and O–H groups in total. The Kier molecular flexibility index (Phi) is 5.69. The van der Waals surface area contributed by atoms with Crippen LogP contribution in [0.1, 0.15) is 17.6 Å². The Morgan fingerprint density at radius 1 is 1.40 bits per heavy atom.